The first-order chi connectivity index (χ1) is 11.1. The van der Waals surface area contributed by atoms with Gasteiger partial charge in [-0.25, -0.2) is 9.37 Å². The molecular weight excluding hydrogens is 295 g/mol. The zero-order valence-corrected chi connectivity index (χ0v) is 13.0. The van der Waals surface area contributed by atoms with E-state index >= 15 is 0 Å². The van der Waals surface area contributed by atoms with Crippen molar-refractivity contribution in [3.8, 4) is 11.3 Å². The van der Waals surface area contributed by atoms with Gasteiger partial charge < -0.3 is 4.90 Å². The summed E-state index contributed by atoms with van der Waals surface area (Å²) in [5.41, 5.74) is 2.03. The molecule has 1 aromatic carbocycles. The summed E-state index contributed by atoms with van der Waals surface area (Å²) in [4.78, 5) is 6.31. The smallest absolute Gasteiger partial charge is 0.245 e. The SMILES string of the molecule is CN(CCc1cnn(C)c1)c1nncc(-c2ccccc2F)n1. The van der Waals surface area contributed by atoms with E-state index in [1.54, 1.807) is 22.9 Å². The molecule has 0 saturated heterocycles. The lowest BCUT2D eigenvalue weighted by molar-refractivity contribution is 0.630. The predicted octanol–water partition coefficient (Wildman–Crippen LogP) is 2.09. The van der Waals surface area contributed by atoms with E-state index in [0.29, 0.717) is 23.8 Å². The third kappa shape index (κ3) is 3.50. The van der Waals surface area contributed by atoms with Crippen LogP contribution in [0.25, 0.3) is 11.3 Å². The Bertz CT molecular complexity index is 801. The molecular formula is C16H17FN6. The number of hydrogen-bond donors (Lipinski definition) is 0. The van der Waals surface area contributed by atoms with E-state index in [4.69, 9.17) is 0 Å². The monoisotopic (exact) mass is 312 g/mol. The standard InChI is InChI=1S/C16H17FN6/c1-22(8-7-12-9-19-23(2)11-12)16-20-15(10-18-21-16)13-5-3-4-6-14(13)17/h3-6,9-11H,7-8H2,1-2H3. The number of anilines is 1. The predicted molar refractivity (Wildman–Crippen MR) is 85.4 cm³/mol. The molecule has 0 radical (unpaired) electrons. The molecule has 2 aromatic heterocycles. The van der Waals surface area contributed by atoms with Crippen LogP contribution in [0.4, 0.5) is 10.3 Å². The molecule has 2 heterocycles. The summed E-state index contributed by atoms with van der Waals surface area (Å²) in [6.45, 7) is 0.716. The highest BCUT2D eigenvalue weighted by Gasteiger charge is 2.11. The number of rotatable bonds is 5. The topological polar surface area (TPSA) is 59.7 Å². The molecule has 3 aromatic rings. The van der Waals surface area contributed by atoms with E-state index in [-0.39, 0.29) is 5.82 Å². The van der Waals surface area contributed by atoms with Crippen LogP contribution < -0.4 is 4.90 Å². The normalized spacial score (nSPS) is 10.7. The quantitative estimate of drug-likeness (QED) is 0.722. The molecule has 0 saturated carbocycles. The minimum absolute atomic E-state index is 0.322. The second kappa shape index (κ2) is 6.51. The molecule has 6 nitrogen and oxygen atoms in total. The van der Waals surface area contributed by atoms with Crippen LogP contribution in [0.15, 0.2) is 42.9 Å². The molecule has 0 aliphatic heterocycles. The van der Waals surface area contributed by atoms with E-state index in [9.17, 15) is 4.39 Å². The highest BCUT2D eigenvalue weighted by molar-refractivity contribution is 5.59. The Morgan fingerprint density at radius 3 is 2.78 bits per heavy atom. The maximum absolute atomic E-state index is 13.9. The Kier molecular flexibility index (Phi) is 4.27. The van der Waals surface area contributed by atoms with E-state index in [1.165, 1.54) is 12.3 Å². The van der Waals surface area contributed by atoms with Crippen LogP contribution in [0, 0.1) is 5.82 Å². The summed E-state index contributed by atoms with van der Waals surface area (Å²) in [6, 6.07) is 6.50. The molecule has 0 aliphatic carbocycles. The van der Waals surface area contributed by atoms with Crippen LogP contribution in [-0.2, 0) is 13.5 Å². The third-order valence-corrected chi connectivity index (χ3v) is 3.53. The number of likely N-dealkylation sites (N-methyl/N-ethyl adjacent to an activating group) is 1. The third-order valence-electron chi connectivity index (χ3n) is 3.53. The van der Waals surface area contributed by atoms with Gasteiger partial charge in [0.05, 0.1) is 18.1 Å². The first-order valence-electron chi connectivity index (χ1n) is 7.27. The highest BCUT2D eigenvalue weighted by atomic mass is 19.1. The van der Waals surface area contributed by atoms with Crippen molar-refractivity contribution >= 4 is 5.95 Å². The first kappa shape index (κ1) is 15.1. The van der Waals surface area contributed by atoms with Crippen molar-refractivity contribution in [3.05, 3.63) is 54.2 Å². The largest absolute Gasteiger partial charge is 0.342 e. The van der Waals surface area contributed by atoms with Crippen LogP contribution in [0.3, 0.4) is 0 Å². The van der Waals surface area contributed by atoms with E-state index in [2.05, 4.69) is 20.3 Å². The van der Waals surface area contributed by atoms with Crippen molar-refractivity contribution in [2.75, 3.05) is 18.5 Å². The molecule has 0 spiro atoms. The average Bonchev–Trinajstić information content (AvgIpc) is 2.98. The van der Waals surface area contributed by atoms with E-state index < -0.39 is 0 Å². The van der Waals surface area contributed by atoms with Gasteiger partial charge in [0.25, 0.3) is 0 Å². The van der Waals surface area contributed by atoms with Crippen LogP contribution in [-0.4, -0.2) is 38.6 Å². The molecule has 0 N–H and O–H groups in total. The van der Waals surface area contributed by atoms with Crippen molar-refractivity contribution < 1.29 is 4.39 Å². The van der Waals surface area contributed by atoms with Crippen molar-refractivity contribution in [3.63, 3.8) is 0 Å². The molecule has 3 rings (SSSR count). The number of aryl methyl sites for hydroxylation is 1. The summed E-state index contributed by atoms with van der Waals surface area (Å²) in [5.74, 6) is 0.145. The van der Waals surface area contributed by atoms with Crippen molar-refractivity contribution in [1.82, 2.24) is 25.0 Å². The summed E-state index contributed by atoms with van der Waals surface area (Å²) >= 11 is 0. The van der Waals surface area contributed by atoms with Crippen molar-refractivity contribution in [2.24, 2.45) is 7.05 Å². The fourth-order valence-corrected chi connectivity index (χ4v) is 2.25. The number of halogens is 1. The van der Waals surface area contributed by atoms with Gasteiger partial charge in [-0.15, -0.1) is 5.10 Å². The van der Waals surface area contributed by atoms with Gasteiger partial charge in [-0.1, -0.05) is 12.1 Å². The summed E-state index contributed by atoms with van der Waals surface area (Å²) in [6.07, 6.45) is 6.10. The van der Waals surface area contributed by atoms with Crippen LogP contribution in [0.2, 0.25) is 0 Å². The zero-order chi connectivity index (χ0) is 16.2. The number of aromatic nitrogens is 5. The van der Waals surface area contributed by atoms with Gasteiger partial charge in [-0.05, 0) is 24.1 Å². The first-order valence-corrected chi connectivity index (χ1v) is 7.27. The minimum Gasteiger partial charge on any atom is -0.342 e. The highest BCUT2D eigenvalue weighted by Crippen LogP contribution is 2.20. The average molecular weight is 312 g/mol. The zero-order valence-electron chi connectivity index (χ0n) is 13.0. The lowest BCUT2D eigenvalue weighted by Crippen LogP contribution is -2.23. The molecule has 23 heavy (non-hydrogen) atoms. The fraction of sp³-hybridized carbons (Fsp3) is 0.250. The molecule has 0 amide bonds. The van der Waals surface area contributed by atoms with Crippen molar-refractivity contribution in [1.29, 1.82) is 0 Å². The Labute approximate surface area is 133 Å². The molecule has 0 unspecified atom stereocenters. The Hall–Kier alpha value is -2.83. The van der Waals surface area contributed by atoms with Crippen LogP contribution in [0.5, 0.6) is 0 Å². The molecule has 0 aliphatic rings. The second-order valence-corrected chi connectivity index (χ2v) is 5.32. The van der Waals surface area contributed by atoms with E-state index in [1.807, 2.05) is 31.4 Å². The lowest BCUT2D eigenvalue weighted by Gasteiger charge is -2.16. The number of hydrogen-bond acceptors (Lipinski definition) is 5. The van der Waals surface area contributed by atoms with Gasteiger partial charge in [-0.2, -0.15) is 10.2 Å². The van der Waals surface area contributed by atoms with Crippen molar-refractivity contribution in [2.45, 2.75) is 6.42 Å². The van der Waals surface area contributed by atoms with Gasteiger partial charge >= 0.3 is 0 Å². The summed E-state index contributed by atoms with van der Waals surface area (Å²) in [5, 5.41) is 12.1. The molecule has 0 atom stereocenters. The van der Waals surface area contributed by atoms with Gasteiger partial charge in [0, 0.05) is 32.4 Å². The van der Waals surface area contributed by atoms with Gasteiger partial charge in [0.2, 0.25) is 5.95 Å². The van der Waals surface area contributed by atoms with Gasteiger partial charge in [0.1, 0.15) is 5.82 Å². The maximum Gasteiger partial charge on any atom is 0.245 e. The summed E-state index contributed by atoms with van der Waals surface area (Å²) in [7, 11) is 3.77. The Balaban J connectivity index is 1.75. The number of benzene rings is 1. The fourth-order valence-electron chi connectivity index (χ4n) is 2.25. The molecule has 0 bridgehead atoms. The van der Waals surface area contributed by atoms with Crippen LogP contribution >= 0.6 is 0 Å². The maximum atomic E-state index is 13.9. The lowest BCUT2D eigenvalue weighted by atomic mass is 10.1. The molecule has 118 valence electrons. The molecule has 7 heteroatoms. The van der Waals surface area contributed by atoms with Gasteiger partial charge in [-0.3, -0.25) is 4.68 Å². The van der Waals surface area contributed by atoms with E-state index in [0.717, 1.165) is 12.0 Å². The number of nitrogens with zero attached hydrogens (tertiary/aromatic N) is 6. The van der Waals surface area contributed by atoms with Gasteiger partial charge in [0.15, 0.2) is 0 Å². The molecule has 0 fully saturated rings. The summed E-state index contributed by atoms with van der Waals surface area (Å²) < 4.78 is 15.6. The Morgan fingerprint density at radius 1 is 1.22 bits per heavy atom. The Morgan fingerprint density at radius 2 is 2.04 bits per heavy atom. The second-order valence-electron chi connectivity index (χ2n) is 5.32. The minimum atomic E-state index is -0.322. The van der Waals surface area contributed by atoms with Crippen LogP contribution in [0.1, 0.15) is 5.56 Å².